The van der Waals surface area contributed by atoms with Crippen molar-refractivity contribution in [3.8, 4) is 5.75 Å². The number of alkyl halides is 3. The summed E-state index contributed by atoms with van der Waals surface area (Å²) in [6.45, 7) is 0. The zero-order valence-corrected chi connectivity index (χ0v) is 9.74. The maximum Gasteiger partial charge on any atom is 0.573 e. The highest BCUT2D eigenvalue weighted by atomic mass is 19.4. The molecule has 19 heavy (non-hydrogen) atoms. The zero-order valence-electron chi connectivity index (χ0n) is 9.74. The van der Waals surface area contributed by atoms with Gasteiger partial charge >= 0.3 is 6.36 Å². The van der Waals surface area contributed by atoms with Gasteiger partial charge in [0.2, 0.25) is 0 Å². The zero-order chi connectivity index (χ0) is 13.9. The van der Waals surface area contributed by atoms with E-state index in [4.69, 9.17) is 5.73 Å². The van der Waals surface area contributed by atoms with Crippen molar-refractivity contribution in [3.63, 3.8) is 0 Å². The molecule has 2 aromatic rings. The van der Waals surface area contributed by atoms with E-state index in [1.807, 2.05) is 0 Å². The lowest BCUT2D eigenvalue weighted by atomic mass is 10.2. The highest BCUT2D eigenvalue weighted by Crippen LogP contribution is 2.28. The van der Waals surface area contributed by atoms with Gasteiger partial charge in [-0.25, -0.2) is 0 Å². The van der Waals surface area contributed by atoms with Gasteiger partial charge in [0.15, 0.2) is 0 Å². The van der Waals surface area contributed by atoms with Crippen LogP contribution in [0.1, 0.15) is 0 Å². The number of hydrogen-bond donors (Lipinski definition) is 2. The average molecular weight is 268 g/mol. The van der Waals surface area contributed by atoms with Crippen molar-refractivity contribution >= 4 is 17.1 Å². The van der Waals surface area contributed by atoms with Crippen molar-refractivity contribution in [2.45, 2.75) is 6.36 Å². The number of para-hydroxylation sites is 2. The van der Waals surface area contributed by atoms with Gasteiger partial charge in [0, 0.05) is 11.8 Å². The molecule has 3 N–H and O–H groups in total. The molecular weight excluding hydrogens is 257 g/mol. The molecule has 2 rings (SSSR count). The van der Waals surface area contributed by atoms with Gasteiger partial charge in [0.1, 0.15) is 5.75 Å². The minimum atomic E-state index is -4.70. The van der Waals surface area contributed by atoms with E-state index in [2.05, 4.69) is 10.1 Å². The van der Waals surface area contributed by atoms with Gasteiger partial charge in [0.05, 0.1) is 11.4 Å². The number of anilines is 3. The molecule has 6 heteroatoms. The highest BCUT2D eigenvalue weighted by molar-refractivity contribution is 5.72. The highest BCUT2D eigenvalue weighted by Gasteiger charge is 2.31. The van der Waals surface area contributed by atoms with Crippen molar-refractivity contribution in [3.05, 3.63) is 48.5 Å². The molecule has 0 aliphatic carbocycles. The summed E-state index contributed by atoms with van der Waals surface area (Å²) in [6, 6.07) is 12.5. The Labute approximate surface area is 107 Å². The molecule has 0 atom stereocenters. The third-order valence-corrected chi connectivity index (χ3v) is 2.31. The first-order valence-corrected chi connectivity index (χ1v) is 5.41. The monoisotopic (exact) mass is 268 g/mol. The number of nitrogens with one attached hydrogen (secondary N) is 1. The minimum Gasteiger partial charge on any atom is -0.406 e. The van der Waals surface area contributed by atoms with Crippen molar-refractivity contribution in [1.29, 1.82) is 0 Å². The van der Waals surface area contributed by atoms with E-state index >= 15 is 0 Å². The fourth-order valence-corrected chi connectivity index (χ4v) is 1.54. The van der Waals surface area contributed by atoms with Crippen molar-refractivity contribution in [2.24, 2.45) is 0 Å². The van der Waals surface area contributed by atoms with Crippen LogP contribution < -0.4 is 15.8 Å². The van der Waals surface area contributed by atoms with E-state index < -0.39 is 6.36 Å². The summed E-state index contributed by atoms with van der Waals surface area (Å²) in [5, 5.41) is 2.93. The molecule has 0 aromatic heterocycles. The lowest BCUT2D eigenvalue weighted by Crippen LogP contribution is -2.17. The normalized spacial score (nSPS) is 11.1. The molecule has 100 valence electrons. The van der Waals surface area contributed by atoms with Gasteiger partial charge in [-0.1, -0.05) is 18.2 Å². The first-order valence-electron chi connectivity index (χ1n) is 5.41. The summed E-state index contributed by atoms with van der Waals surface area (Å²) in [4.78, 5) is 0. The number of nitrogens with two attached hydrogens (primary N) is 1. The fourth-order valence-electron chi connectivity index (χ4n) is 1.54. The lowest BCUT2D eigenvalue weighted by Gasteiger charge is -2.12. The molecule has 0 aliphatic rings. The lowest BCUT2D eigenvalue weighted by molar-refractivity contribution is -0.274. The van der Waals surface area contributed by atoms with Crippen LogP contribution in [-0.4, -0.2) is 6.36 Å². The number of nitrogen functional groups attached to an aromatic ring is 1. The van der Waals surface area contributed by atoms with E-state index in [9.17, 15) is 13.2 Å². The quantitative estimate of drug-likeness (QED) is 0.830. The van der Waals surface area contributed by atoms with Gasteiger partial charge in [-0.3, -0.25) is 0 Å². The molecule has 0 unspecified atom stereocenters. The number of halogens is 3. The number of ether oxygens (including phenoxy) is 1. The second-order valence-electron chi connectivity index (χ2n) is 3.79. The summed E-state index contributed by atoms with van der Waals surface area (Å²) >= 11 is 0. The third-order valence-electron chi connectivity index (χ3n) is 2.31. The third kappa shape index (κ3) is 3.80. The van der Waals surface area contributed by atoms with Gasteiger partial charge in [0.25, 0.3) is 0 Å². The number of rotatable bonds is 3. The predicted octanol–water partition coefficient (Wildman–Crippen LogP) is 3.91. The molecule has 0 radical (unpaired) electrons. The van der Waals surface area contributed by atoms with Crippen LogP contribution in [0.5, 0.6) is 5.75 Å². The molecular formula is C13H11F3N2O. The van der Waals surface area contributed by atoms with Gasteiger partial charge < -0.3 is 15.8 Å². The first-order chi connectivity index (χ1) is 8.94. The second-order valence-corrected chi connectivity index (χ2v) is 3.79. The molecule has 2 aromatic carbocycles. The van der Waals surface area contributed by atoms with Gasteiger partial charge in [-0.05, 0) is 24.3 Å². The standard InChI is InChI=1S/C13H11F3N2O/c14-13(15,16)19-10-5-3-4-9(8-10)18-12-7-2-1-6-11(12)17/h1-8,18H,17H2. The Bertz CT molecular complexity index is 570. The summed E-state index contributed by atoms with van der Waals surface area (Å²) in [7, 11) is 0. The van der Waals surface area contributed by atoms with Crippen molar-refractivity contribution < 1.29 is 17.9 Å². The Kier molecular flexibility index (Phi) is 3.50. The molecule has 0 aliphatic heterocycles. The van der Waals surface area contributed by atoms with Crippen LogP contribution >= 0.6 is 0 Å². The van der Waals surface area contributed by atoms with Crippen molar-refractivity contribution in [1.82, 2.24) is 0 Å². The maximum atomic E-state index is 12.1. The van der Waals surface area contributed by atoms with Crippen LogP contribution in [0.25, 0.3) is 0 Å². The summed E-state index contributed by atoms with van der Waals surface area (Å²) < 4.78 is 40.1. The smallest absolute Gasteiger partial charge is 0.406 e. The van der Waals surface area contributed by atoms with Gasteiger partial charge in [-0.15, -0.1) is 13.2 Å². The summed E-state index contributed by atoms with van der Waals surface area (Å²) in [5.41, 5.74) is 7.31. The van der Waals surface area contributed by atoms with E-state index in [1.165, 1.54) is 18.2 Å². The molecule has 0 spiro atoms. The Balaban J connectivity index is 2.18. The SMILES string of the molecule is Nc1ccccc1Nc1cccc(OC(F)(F)F)c1. The average Bonchev–Trinajstić information content (AvgIpc) is 2.30. The molecule has 0 amide bonds. The number of benzene rings is 2. The molecule has 0 saturated heterocycles. The molecule has 3 nitrogen and oxygen atoms in total. The first kappa shape index (κ1) is 13.1. The van der Waals surface area contributed by atoms with E-state index in [1.54, 1.807) is 30.3 Å². The molecule has 0 heterocycles. The summed E-state index contributed by atoms with van der Waals surface area (Å²) in [6.07, 6.45) is -4.70. The topological polar surface area (TPSA) is 47.3 Å². The van der Waals surface area contributed by atoms with E-state index in [-0.39, 0.29) is 5.75 Å². The molecule has 0 bridgehead atoms. The van der Waals surface area contributed by atoms with E-state index in [0.717, 1.165) is 0 Å². The van der Waals surface area contributed by atoms with Crippen LogP contribution in [0.3, 0.4) is 0 Å². The Morgan fingerprint density at radius 3 is 2.42 bits per heavy atom. The Morgan fingerprint density at radius 1 is 1.00 bits per heavy atom. The van der Waals surface area contributed by atoms with Crippen molar-refractivity contribution in [2.75, 3.05) is 11.1 Å². The molecule has 0 saturated carbocycles. The van der Waals surface area contributed by atoms with Gasteiger partial charge in [-0.2, -0.15) is 0 Å². The number of hydrogen-bond acceptors (Lipinski definition) is 3. The second kappa shape index (κ2) is 5.09. The van der Waals surface area contributed by atoms with E-state index in [0.29, 0.717) is 17.1 Å². The summed E-state index contributed by atoms with van der Waals surface area (Å²) in [5.74, 6) is -0.285. The van der Waals surface area contributed by atoms with Crippen LogP contribution in [0.2, 0.25) is 0 Å². The molecule has 0 fully saturated rings. The van der Waals surface area contributed by atoms with Crippen LogP contribution in [-0.2, 0) is 0 Å². The largest absolute Gasteiger partial charge is 0.573 e. The van der Waals surface area contributed by atoms with Crippen LogP contribution in [0.15, 0.2) is 48.5 Å². The fraction of sp³-hybridized carbons (Fsp3) is 0.0769. The minimum absolute atomic E-state index is 0.285. The van der Waals surface area contributed by atoms with Crippen LogP contribution in [0, 0.1) is 0 Å². The Morgan fingerprint density at radius 2 is 1.74 bits per heavy atom. The predicted molar refractivity (Wildman–Crippen MR) is 67.3 cm³/mol. The maximum absolute atomic E-state index is 12.1. The Hall–Kier alpha value is -2.37. The van der Waals surface area contributed by atoms with Crippen LogP contribution in [0.4, 0.5) is 30.2 Å².